The van der Waals surface area contributed by atoms with E-state index in [1.54, 1.807) is 0 Å². The first-order valence-electron chi connectivity index (χ1n) is 41.8. The van der Waals surface area contributed by atoms with E-state index in [0.29, 0.717) is 19.3 Å². The van der Waals surface area contributed by atoms with Gasteiger partial charge in [-0.1, -0.05) is 326 Å². The summed E-state index contributed by atoms with van der Waals surface area (Å²) in [5.41, 5.74) is 0. The molecule has 0 spiro atoms. The fraction of sp³-hybridized carbons (Fsp3) is 0.674. The Labute approximate surface area is 650 Å². The lowest BCUT2D eigenvalue weighted by atomic mass is 10.0. The molecule has 0 aromatic rings. The molecule has 0 bridgehead atoms. The van der Waals surface area contributed by atoms with Crippen molar-refractivity contribution in [1.82, 2.24) is 0 Å². The summed E-state index contributed by atoms with van der Waals surface area (Å²) in [6, 6.07) is 0. The van der Waals surface area contributed by atoms with E-state index in [2.05, 4.69) is 179 Å². The van der Waals surface area contributed by atoms with Gasteiger partial charge >= 0.3 is 33.6 Å². The van der Waals surface area contributed by atoms with Gasteiger partial charge in [-0.25, -0.2) is 9.13 Å². The average molecular weight is 1540 g/mol. The Balaban J connectivity index is 4.49. The second kappa shape index (κ2) is 80.7. The molecule has 0 saturated carbocycles. The summed E-state index contributed by atoms with van der Waals surface area (Å²) in [6.45, 7) is 2.38. The van der Waals surface area contributed by atoms with E-state index in [1.165, 1.54) is 83.5 Å². The zero-order valence-electron chi connectivity index (χ0n) is 67.0. The van der Waals surface area contributed by atoms with Crippen molar-refractivity contribution >= 4 is 33.6 Å². The normalized spacial score (nSPS) is 14.7. The van der Waals surface area contributed by atoms with Crippen molar-refractivity contribution in [2.24, 2.45) is 0 Å². The van der Waals surface area contributed by atoms with Crippen molar-refractivity contribution < 1.29 is 75.8 Å². The van der Waals surface area contributed by atoms with Crippen LogP contribution in [0.5, 0.6) is 0 Å². The lowest BCUT2D eigenvalue weighted by molar-refractivity contribution is -0.161. The Morgan fingerprint density at radius 2 is 0.495 bits per heavy atom. The second-order valence-corrected chi connectivity index (χ2v) is 30.4. The van der Waals surface area contributed by atoms with Crippen molar-refractivity contribution in [3.8, 4) is 0 Å². The Bertz CT molecular complexity index is 2580. The monoisotopic (exact) mass is 1540 g/mol. The van der Waals surface area contributed by atoms with Gasteiger partial charge in [0.2, 0.25) is 0 Å². The number of aliphatic hydroxyl groups excluding tert-OH is 2. The smallest absolute Gasteiger partial charge is 0.463 e. The third-order valence-electron chi connectivity index (χ3n) is 17.2. The zero-order chi connectivity index (χ0) is 78.0. The first kappa shape index (κ1) is 102. The van der Waals surface area contributed by atoms with Crippen LogP contribution < -0.4 is 0 Å². The van der Waals surface area contributed by atoms with Crippen molar-refractivity contribution in [1.29, 1.82) is 0 Å². The lowest BCUT2D eigenvalue weighted by Gasteiger charge is -2.21. The number of phosphoric acid groups is 2. The number of carbonyl (C=O) groups excluding carboxylic acids is 3. The number of allylic oxidation sites excluding steroid dienone is 26. The highest BCUT2D eigenvalue weighted by Gasteiger charge is 2.29. The highest BCUT2D eigenvalue weighted by Crippen LogP contribution is 2.45. The van der Waals surface area contributed by atoms with Crippen LogP contribution in [0.3, 0.4) is 0 Å². The maximum absolute atomic E-state index is 13.0. The Morgan fingerprint density at radius 1 is 0.271 bits per heavy atom. The predicted octanol–water partition coefficient (Wildman–Crippen LogP) is 25.0. The van der Waals surface area contributed by atoms with Crippen LogP contribution in [0.1, 0.15) is 329 Å². The fourth-order valence-electron chi connectivity index (χ4n) is 10.9. The van der Waals surface area contributed by atoms with Gasteiger partial charge in [-0.3, -0.25) is 32.5 Å². The third-order valence-corrected chi connectivity index (χ3v) is 19.1. The lowest BCUT2D eigenvalue weighted by Crippen LogP contribution is -2.30. The fourth-order valence-corrected chi connectivity index (χ4v) is 12.5. The molecular formula is C89H150O16P2. The number of esters is 3. The number of hydrogen-bond acceptors (Lipinski definition) is 14. The molecule has 0 heterocycles. The topological polar surface area (TPSA) is 231 Å². The van der Waals surface area contributed by atoms with Crippen LogP contribution in [-0.2, 0) is 55.8 Å². The highest BCUT2D eigenvalue weighted by molar-refractivity contribution is 7.47. The Kier molecular flexibility index (Phi) is 77.0. The molecule has 0 rings (SSSR count). The van der Waals surface area contributed by atoms with E-state index in [4.69, 9.17) is 32.3 Å². The molecule has 0 aliphatic carbocycles. The van der Waals surface area contributed by atoms with Crippen LogP contribution in [0.25, 0.3) is 0 Å². The molecule has 5 atom stereocenters. The molecule has 0 radical (unpaired) electrons. The van der Waals surface area contributed by atoms with Crippen LogP contribution in [0.4, 0.5) is 0 Å². The minimum absolute atomic E-state index is 0.0854. The van der Waals surface area contributed by atoms with Crippen molar-refractivity contribution in [2.45, 2.75) is 347 Å². The van der Waals surface area contributed by atoms with Crippen LogP contribution in [0.2, 0.25) is 0 Å². The number of unbranched alkanes of at least 4 members (excludes halogenated alkanes) is 29. The van der Waals surface area contributed by atoms with E-state index in [0.717, 1.165) is 186 Å². The minimum Gasteiger partial charge on any atom is -0.463 e. The van der Waals surface area contributed by atoms with Gasteiger partial charge in [0, 0.05) is 19.3 Å². The van der Waals surface area contributed by atoms with Gasteiger partial charge in [0.25, 0.3) is 0 Å². The molecule has 612 valence electrons. The summed E-state index contributed by atoms with van der Waals surface area (Å²) in [7, 11) is -9.80. The number of carbonyl (C=O) groups is 3. The Hall–Kier alpha value is -4.83. The quantitative estimate of drug-likeness (QED) is 0.0146. The molecule has 0 aliphatic heterocycles. The molecule has 4 N–H and O–H groups in total. The van der Waals surface area contributed by atoms with E-state index in [1.807, 2.05) is 0 Å². The van der Waals surface area contributed by atoms with Gasteiger partial charge in [-0.15, -0.1) is 0 Å². The van der Waals surface area contributed by atoms with Gasteiger partial charge in [0.05, 0.1) is 26.4 Å². The number of aliphatic hydroxyl groups is 2. The molecular weight excluding hydrogens is 1390 g/mol. The predicted molar refractivity (Wildman–Crippen MR) is 445 cm³/mol. The van der Waals surface area contributed by atoms with E-state index < -0.39 is 91.5 Å². The molecule has 107 heavy (non-hydrogen) atoms. The van der Waals surface area contributed by atoms with Crippen LogP contribution in [0.15, 0.2) is 158 Å². The van der Waals surface area contributed by atoms with Crippen LogP contribution in [-0.4, -0.2) is 95.9 Å². The first-order chi connectivity index (χ1) is 52.2. The summed E-state index contributed by atoms with van der Waals surface area (Å²) in [4.78, 5) is 58.7. The van der Waals surface area contributed by atoms with Gasteiger partial charge in [0.15, 0.2) is 6.10 Å². The summed E-state index contributed by atoms with van der Waals surface area (Å²) >= 11 is 0. The van der Waals surface area contributed by atoms with Crippen LogP contribution >= 0.6 is 15.6 Å². The maximum atomic E-state index is 13.0. The molecule has 0 saturated heterocycles. The van der Waals surface area contributed by atoms with Crippen molar-refractivity contribution in [3.63, 3.8) is 0 Å². The number of rotatable bonds is 78. The van der Waals surface area contributed by atoms with E-state index >= 15 is 0 Å². The van der Waals surface area contributed by atoms with Crippen molar-refractivity contribution in [3.05, 3.63) is 158 Å². The molecule has 0 aromatic carbocycles. The molecule has 5 unspecified atom stereocenters. The first-order valence-corrected chi connectivity index (χ1v) is 44.8. The van der Waals surface area contributed by atoms with Gasteiger partial charge < -0.3 is 34.2 Å². The van der Waals surface area contributed by atoms with Gasteiger partial charge in [-0.2, -0.15) is 0 Å². The number of hydrogen-bond donors (Lipinski definition) is 4. The minimum atomic E-state index is -4.94. The molecule has 0 fully saturated rings. The molecule has 0 amide bonds. The summed E-state index contributed by atoms with van der Waals surface area (Å²) in [5, 5.41) is 20.7. The molecule has 18 heteroatoms. The zero-order valence-corrected chi connectivity index (χ0v) is 68.8. The summed E-state index contributed by atoms with van der Waals surface area (Å²) in [6.07, 6.45) is 102. The van der Waals surface area contributed by atoms with E-state index in [-0.39, 0.29) is 19.3 Å². The number of phosphoric ester groups is 2. The standard InChI is InChI=1S/C89H150O16P2/c1-4-7-10-13-16-19-22-25-27-29-31-33-35-37-39-41-43-45-47-49-51-53-55-58-60-63-66-69-72-75-87(92)99-78-84(90)79-101-106(95,96)102-80-85(91)81-103-107(97,98)104-83-86(105-89(94)77-74-71-68-65-62-57-24-21-18-15-12-9-6-3)82-100-88(93)76-73-70-67-64-61-59-56-54-52-50-48-46-44-42-40-38-36-34-32-30-28-26-23-20-17-14-11-8-5-2/h7-8,10-12,15-17,19-21,24-28,31-34,37-40,43,45,84-86,90-91H,4-6,9,13-14,18,22-23,29-30,35-36,41-42,44,46-83H2,1-3H3,(H,95,96)(H,97,98)/b10-7-,11-8-,15-12-,19-16-,20-17-,24-21-,27-25-,28-26-,33-31-,34-32-,39-37-,40-38-,45-43-. The molecule has 0 aliphatic rings. The summed E-state index contributed by atoms with van der Waals surface area (Å²) < 4.78 is 61.2. The van der Waals surface area contributed by atoms with Crippen molar-refractivity contribution in [2.75, 3.05) is 39.6 Å². The summed E-state index contributed by atoms with van der Waals surface area (Å²) in [5.74, 6) is -1.59. The van der Waals surface area contributed by atoms with E-state index in [9.17, 15) is 43.5 Å². The molecule has 0 aromatic heterocycles. The van der Waals surface area contributed by atoms with Gasteiger partial charge in [0.1, 0.15) is 25.4 Å². The SMILES string of the molecule is CC/C=C\C/C=C\C/C=C\C/C=C\C/C=C\C/C=C\CCCCCCCCCCCCC(=O)OCC(O)COP(=O)(O)OCC(O)COP(=O)(O)OCC(COC(=O)CCCCCCCCCCCCCCC/C=C\C/C=C\C/C=C\C/C=C\C/C=C\CC)OC(=O)CCCCCCC/C=C\C/C=C\CCC. The Morgan fingerprint density at radius 3 is 0.785 bits per heavy atom. The average Bonchev–Trinajstić information content (AvgIpc) is 0.909. The van der Waals surface area contributed by atoms with Crippen LogP contribution in [0, 0.1) is 0 Å². The largest absolute Gasteiger partial charge is 0.472 e. The maximum Gasteiger partial charge on any atom is 0.472 e. The van der Waals surface area contributed by atoms with Gasteiger partial charge in [-0.05, 0) is 141 Å². The second-order valence-electron chi connectivity index (χ2n) is 27.5. The molecule has 16 nitrogen and oxygen atoms in total. The number of ether oxygens (including phenoxy) is 3. The third kappa shape index (κ3) is 82.0. The highest BCUT2D eigenvalue weighted by atomic mass is 31.2.